The SMILES string of the molecule is CN=C(NCC(=O)NC1CC1)N1CCc2ccccc21.I. The molecule has 0 radical (unpaired) electrons. The molecule has 3 rings (SSSR count). The number of rotatable bonds is 3. The number of nitrogens with zero attached hydrogens (tertiary/aromatic N) is 2. The van der Waals surface area contributed by atoms with Crippen molar-refractivity contribution in [1.29, 1.82) is 0 Å². The third-order valence-electron chi connectivity index (χ3n) is 3.70. The number of aliphatic imine (C=N–C) groups is 1. The number of anilines is 1. The first-order valence-corrected chi connectivity index (χ1v) is 7.13. The number of carbonyl (C=O) groups excluding carboxylic acids is 1. The standard InChI is InChI=1S/C15H20N4O.HI/c1-16-15(17-10-14(20)18-12-6-7-12)19-9-8-11-4-2-3-5-13(11)19;/h2-5,12H,6-10H2,1H3,(H,16,17)(H,18,20);1H. The number of fused-ring (bicyclic) bond motifs is 1. The Kier molecular flexibility index (Phi) is 5.44. The lowest BCUT2D eigenvalue weighted by Gasteiger charge is -2.22. The summed E-state index contributed by atoms with van der Waals surface area (Å²) in [5.74, 6) is 0.807. The Morgan fingerprint density at radius 3 is 2.86 bits per heavy atom. The quantitative estimate of drug-likeness (QED) is 0.460. The molecule has 1 amide bonds. The van der Waals surface area contributed by atoms with Crippen LogP contribution in [0.5, 0.6) is 0 Å². The first-order chi connectivity index (χ1) is 9.78. The average molecular weight is 400 g/mol. The van der Waals surface area contributed by atoms with Gasteiger partial charge in [0.2, 0.25) is 5.91 Å². The van der Waals surface area contributed by atoms with Gasteiger partial charge in [-0.15, -0.1) is 24.0 Å². The first-order valence-electron chi connectivity index (χ1n) is 7.13. The molecule has 1 fully saturated rings. The van der Waals surface area contributed by atoms with E-state index < -0.39 is 0 Å². The Morgan fingerprint density at radius 2 is 2.14 bits per heavy atom. The van der Waals surface area contributed by atoms with Crippen molar-refractivity contribution in [1.82, 2.24) is 10.6 Å². The highest BCUT2D eigenvalue weighted by atomic mass is 127. The molecule has 21 heavy (non-hydrogen) atoms. The van der Waals surface area contributed by atoms with Crippen molar-refractivity contribution in [2.75, 3.05) is 25.0 Å². The van der Waals surface area contributed by atoms with Gasteiger partial charge in [0, 0.05) is 25.3 Å². The summed E-state index contributed by atoms with van der Waals surface area (Å²) < 4.78 is 0. The van der Waals surface area contributed by atoms with Gasteiger partial charge in [0.15, 0.2) is 5.96 Å². The van der Waals surface area contributed by atoms with Crippen molar-refractivity contribution < 1.29 is 4.79 Å². The van der Waals surface area contributed by atoms with Crippen molar-refractivity contribution >= 4 is 41.5 Å². The molecule has 5 nitrogen and oxygen atoms in total. The molecule has 114 valence electrons. The number of amides is 1. The molecule has 1 aliphatic heterocycles. The lowest BCUT2D eigenvalue weighted by molar-refractivity contribution is -0.120. The van der Waals surface area contributed by atoms with Gasteiger partial charge in [0.25, 0.3) is 0 Å². The van der Waals surface area contributed by atoms with E-state index in [9.17, 15) is 4.79 Å². The summed E-state index contributed by atoms with van der Waals surface area (Å²) in [7, 11) is 1.75. The number of para-hydroxylation sites is 1. The van der Waals surface area contributed by atoms with E-state index in [1.165, 1.54) is 11.3 Å². The van der Waals surface area contributed by atoms with Crippen LogP contribution in [0.25, 0.3) is 0 Å². The predicted octanol–water partition coefficient (Wildman–Crippen LogP) is 1.52. The molecule has 1 heterocycles. The van der Waals surface area contributed by atoms with Gasteiger partial charge in [-0.1, -0.05) is 18.2 Å². The second kappa shape index (κ2) is 7.11. The van der Waals surface area contributed by atoms with Gasteiger partial charge in [0.05, 0.1) is 6.54 Å². The highest BCUT2D eigenvalue weighted by molar-refractivity contribution is 14.0. The minimum atomic E-state index is 0. The van der Waals surface area contributed by atoms with E-state index in [1.807, 2.05) is 6.07 Å². The van der Waals surface area contributed by atoms with Crippen LogP contribution in [-0.4, -0.2) is 38.0 Å². The zero-order chi connectivity index (χ0) is 13.9. The van der Waals surface area contributed by atoms with Crippen molar-refractivity contribution in [3.05, 3.63) is 29.8 Å². The van der Waals surface area contributed by atoms with Crippen LogP contribution in [0.3, 0.4) is 0 Å². The molecule has 0 atom stereocenters. The van der Waals surface area contributed by atoms with Crippen molar-refractivity contribution in [2.24, 2.45) is 4.99 Å². The number of carbonyl (C=O) groups is 1. The largest absolute Gasteiger partial charge is 0.352 e. The summed E-state index contributed by atoms with van der Waals surface area (Å²) in [5, 5.41) is 6.12. The Hall–Kier alpha value is -1.31. The maximum Gasteiger partial charge on any atom is 0.239 e. The Balaban J connectivity index is 0.00000161. The van der Waals surface area contributed by atoms with Gasteiger partial charge in [-0.3, -0.25) is 9.79 Å². The number of guanidine groups is 1. The number of hydrogen-bond donors (Lipinski definition) is 2. The van der Waals surface area contributed by atoms with Crippen LogP contribution in [0.2, 0.25) is 0 Å². The van der Waals surface area contributed by atoms with Gasteiger partial charge < -0.3 is 15.5 Å². The smallest absolute Gasteiger partial charge is 0.239 e. The maximum atomic E-state index is 11.7. The average Bonchev–Trinajstić information content (AvgIpc) is 3.17. The van der Waals surface area contributed by atoms with Crippen LogP contribution >= 0.6 is 24.0 Å². The Bertz CT molecular complexity index is 542. The van der Waals surface area contributed by atoms with E-state index in [1.54, 1.807) is 7.05 Å². The fraction of sp³-hybridized carbons (Fsp3) is 0.467. The first kappa shape index (κ1) is 16.1. The molecule has 0 aromatic heterocycles. The molecular weight excluding hydrogens is 379 g/mol. The van der Waals surface area contributed by atoms with E-state index in [4.69, 9.17) is 0 Å². The molecular formula is C15H21IN4O. The van der Waals surface area contributed by atoms with Gasteiger partial charge in [-0.25, -0.2) is 0 Å². The van der Waals surface area contributed by atoms with Crippen molar-refractivity contribution in [3.8, 4) is 0 Å². The minimum Gasteiger partial charge on any atom is -0.352 e. The van der Waals surface area contributed by atoms with Crippen LogP contribution < -0.4 is 15.5 Å². The Labute approximate surface area is 142 Å². The zero-order valence-corrected chi connectivity index (χ0v) is 14.5. The minimum absolute atomic E-state index is 0. The second-order valence-corrected chi connectivity index (χ2v) is 5.27. The van der Waals surface area contributed by atoms with E-state index in [-0.39, 0.29) is 36.4 Å². The number of hydrogen-bond acceptors (Lipinski definition) is 2. The van der Waals surface area contributed by atoms with Crippen LogP contribution in [0.1, 0.15) is 18.4 Å². The molecule has 1 saturated carbocycles. The summed E-state index contributed by atoms with van der Waals surface area (Å²) in [4.78, 5) is 18.2. The summed E-state index contributed by atoms with van der Waals surface area (Å²) in [6.07, 6.45) is 3.24. The fourth-order valence-electron chi connectivity index (χ4n) is 2.52. The van der Waals surface area contributed by atoms with Crippen LogP contribution in [0.4, 0.5) is 5.69 Å². The molecule has 6 heteroatoms. The molecule has 0 saturated heterocycles. The summed E-state index contributed by atoms with van der Waals surface area (Å²) in [5.41, 5.74) is 2.51. The van der Waals surface area contributed by atoms with Crippen LogP contribution in [-0.2, 0) is 11.2 Å². The molecule has 0 spiro atoms. The third kappa shape index (κ3) is 3.87. The third-order valence-corrected chi connectivity index (χ3v) is 3.70. The van der Waals surface area contributed by atoms with Gasteiger partial charge in [-0.05, 0) is 30.9 Å². The van der Waals surface area contributed by atoms with Gasteiger partial charge in [-0.2, -0.15) is 0 Å². The van der Waals surface area contributed by atoms with Gasteiger partial charge in [0.1, 0.15) is 0 Å². The van der Waals surface area contributed by atoms with E-state index in [0.717, 1.165) is 31.8 Å². The second-order valence-electron chi connectivity index (χ2n) is 5.27. The summed E-state index contributed by atoms with van der Waals surface area (Å²) in [6, 6.07) is 8.73. The van der Waals surface area contributed by atoms with Crippen molar-refractivity contribution in [3.63, 3.8) is 0 Å². The fourth-order valence-corrected chi connectivity index (χ4v) is 2.52. The Morgan fingerprint density at radius 1 is 1.38 bits per heavy atom. The normalized spacial score (nSPS) is 17.0. The van der Waals surface area contributed by atoms with Crippen LogP contribution in [0.15, 0.2) is 29.3 Å². The molecule has 1 aromatic carbocycles. The zero-order valence-electron chi connectivity index (χ0n) is 12.1. The van der Waals surface area contributed by atoms with E-state index in [0.29, 0.717) is 6.04 Å². The van der Waals surface area contributed by atoms with Gasteiger partial charge >= 0.3 is 0 Å². The van der Waals surface area contributed by atoms with E-state index >= 15 is 0 Å². The molecule has 1 aromatic rings. The van der Waals surface area contributed by atoms with E-state index in [2.05, 4.69) is 38.7 Å². The summed E-state index contributed by atoms with van der Waals surface area (Å²) >= 11 is 0. The topological polar surface area (TPSA) is 56.7 Å². The van der Waals surface area contributed by atoms with Crippen LogP contribution in [0, 0.1) is 0 Å². The highest BCUT2D eigenvalue weighted by Gasteiger charge is 2.25. The lowest BCUT2D eigenvalue weighted by atomic mass is 10.2. The molecule has 0 unspecified atom stereocenters. The monoisotopic (exact) mass is 400 g/mol. The van der Waals surface area contributed by atoms with Crippen molar-refractivity contribution in [2.45, 2.75) is 25.3 Å². The molecule has 0 bridgehead atoms. The molecule has 1 aliphatic carbocycles. The summed E-state index contributed by atoms with van der Waals surface area (Å²) in [6.45, 7) is 1.19. The number of nitrogens with one attached hydrogen (secondary N) is 2. The number of benzene rings is 1. The highest BCUT2D eigenvalue weighted by Crippen LogP contribution is 2.27. The molecule has 2 N–H and O–H groups in total. The lowest BCUT2D eigenvalue weighted by Crippen LogP contribution is -2.45. The molecule has 2 aliphatic rings. The number of halogens is 1. The maximum absolute atomic E-state index is 11.7. The predicted molar refractivity (Wildman–Crippen MR) is 95.4 cm³/mol.